The van der Waals surface area contributed by atoms with Crippen LogP contribution in [0.3, 0.4) is 0 Å². The molecule has 0 unspecified atom stereocenters. The van der Waals surface area contributed by atoms with Gasteiger partial charge in [-0.25, -0.2) is 18.7 Å². The molecule has 4 N–H and O–H groups in total. The van der Waals surface area contributed by atoms with Crippen molar-refractivity contribution < 1.29 is 13.6 Å². The van der Waals surface area contributed by atoms with Crippen molar-refractivity contribution in [3.8, 4) is 6.07 Å². The molecule has 0 saturated heterocycles. The predicted octanol–water partition coefficient (Wildman–Crippen LogP) is 4.12. The van der Waals surface area contributed by atoms with Gasteiger partial charge < -0.3 is 16.4 Å². The number of nitrogens with two attached hydrogens (primary N) is 1. The van der Waals surface area contributed by atoms with Crippen molar-refractivity contribution in [3.63, 3.8) is 0 Å². The van der Waals surface area contributed by atoms with E-state index >= 15 is 0 Å². The van der Waals surface area contributed by atoms with Crippen LogP contribution < -0.4 is 16.4 Å². The van der Waals surface area contributed by atoms with Gasteiger partial charge in [0.05, 0.1) is 23.2 Å². The lowest BCUT2D eigenvalue weighted by molar-refractivity contribution is -0.130. The Morgan fingerprint density at radius 2 is 1.89 bits per heavy atom. The lowest BCUT2D eigenvalue weighted by Crippen LogP contribution is -2.42. The van der Waals surface area contributed by atoms with E-state index in [4.69, 9.17) is 11.0 Å². The van der Waals surface area contributed by atoms with Gasteiger partial charge in [-0.3, -0.25) is 9.36 Å². The summed E-state index contributed by atoms with van der Waals surface area (Å²) in [4.78, 5) is 26.1. The summed E-state index contributed by atoms with van der Waals surface area (Å²) in [5.74, 6) is -1.73. The molecule has 9 nitrogen and oxygen atoms in total. The molecule has 5 rings (SSSR count). The molecule has 2 heterocycles. The Bertz CT molecular complexity index is 1300. The number of halogens is 2. The zero-order valence-electron chi connectivity index (χ0n) is 19.2. The number of carbonyl (C=O) groups excluding carboxylic acids is 1. The van der Waals surface area contributed by atoms with Crippen LogP contribution in [0.1, 0.15) is 56.9 Å². The Morgan fingerprint density at radius 3 is 2.49 bits per heavy atom. The number of benzene rings is 1. The SMILES string of the molecule is N#Cc1cc(F)c(Nc2nc3cnc(NC4CCC4)nc3n2CC2(C(N)=O)CCCCC2)c(F)c1. The number of rotatable bonds is 7. The molecule has 11 heteroatoms. The molecule has 0 aliphatic heterocycles. The Balaban J connectivity index is 1.59. The molecule has 0 spiro atoms. The van der Waals surface area contributed by atoms with Crippen LogP contribution in [0.25, 0.3) is 11.2 Å². The number of nitriles is 1. The number of aromatic nitrogens is 4. The summed E-state index contributed by atoms with van der Waals surface area (Å²) in [6, 6.07) is 3.93. The third kappa shape index (κ3) is 4.36. The number of fused-ring (bicyclic) bond motifs is 1. The minimum Gasteiger partial charge on any atom is -0.369 e. The standard InChI is InChI=1S/C24H26F2N8O/c25-16-9-14(11-27)10-17(26)19(16)32-23-31-18-12-29-22(30-15-5-4-6-15)33-20(18)34(23)13-24(21(28)35)7-2-1-3-8-24/h9-10,12,15H,1-8,13H2,(H2,28,35)(H,31,32)(H,29,30,33). The van der Waals surface area contributed by atoms with Crippen LogP contribution in [0.4, 0.5) is 26.4 Å². The largest absolute Gasteiger partial charge is 0.369 e. The van der Waals surface area contributed by atoms with Crippen molar-refractivity contribution in [1.29, 1.82) is 5.26 Å². The highest BCUT2D eigenvalue weighted by atomic mass is 19.1. The van der Waals surface area contributed by atoms with Gasteiger partial charge in [0.1, 0.15) is 11.2 Å². The van der Waals surface area contributed by atoms with Gasteiger partial charge in [-0.15, -0.1) is 0 Å². The maximum atomic E-state index is 14.7. The number of imidazole rings is 1. The summed E-state index contributed by atoms with van der Waals surface area (Å²) in [6.07, 6.45) is 8.73. The quantitative estimate of drug-likeness (QED) is 0.463. The molecule has 2 fully saturated rings. The summed E-state index contributed by atoms with van der Waals surface area (Å²) in [5.41, 5.74) is 5.33. The Labute approximate surface area is 200 Å². The van der Waals surface area contributed by atoms with E-state index in [1.54, 1.807) is 16.8 Å². The summed E-state index contributed by atoms with van der Waals surface area (Å²) < 4.78 is 31.0. The van der Waals surface area contributed by atoms with Gasteiger partial charge in [0.2, 0.25) is 17.8 Å². The summed E-state index contributed by atoms with van der Waals surface area (Å²) in [7, 11) is 0. The molecule has 2 aliphatic carbocycles. The van der Waals surface area contributed by atoms with Gasteiger partial charge in [-0.2, -0.15) is 10.2 Å². The first-order valence-corrected chi connectivity index (χ1v) is 11.8. The molecule has 35 heavy (non-hydrogen) atoms. The van der Waals surface area contributed by atoms with Crippen molar-refractivity contribution in [2.75, 3.05) is 10.6 Å². The number of anilines is 3. The Morgan fingerprint density at radius 1 is 1.17 bits per heavy atom. The van der Waals surface area contributed by atoms with Crippen LogP contribution in [-0.2, 0) is 11.3 Å². The van der Waals surface area contributed by atoms with Gasteiger partial charge in [0, 0.05) is 12.6 Å². The van der Waals surface area contributed by atoms with Gasteiger partial charge in [-0.05, 0) is 44.2 Å². The van der Waals surface area contributed by atoms with E-state index in [-0.39, 0.29) is 18.1 Å². The van der Waals surface area contributed by atoms with E-state index in [1.165, 1.54) is 0 Å². The molecular weight excluding hydrogens is 454 g/mol. The van der Waals surface area contributed by atoms with Crippen LogP contribution in [0.2, 0.25) is 0 Å². The predicted molar refractivity (Wildman–Crippen MR) is 126 cm³/mol. The Kier molecular flexibility index (Phi) is 5.96. The van der Waals surface area contributed by atoms with Crippen molar-refractivity contribution in [3.05, 3.63) is 35.5 Å². The lowest BCUT2D eigenvalue weighted by atomic mass is 9.73. The minimum atomic E-state index is -0.930. The molecule has 2 aliphatic rings. The third-order valence-corrected chi connectivity index (χ3v) is 7.13. The van der Waals surface area contributed by atoms with Crippen LogP contribution in [-0.4, -0.2) is 31.5 Å². The van der Waals surface area contributed by atoms with Crippen LogP contribution >= 0.6 is 0 Å². The fourth-order valence-corrected chi connectivity index (χ4v) is 4.85. The van der Waals surface area contributed by atoms with Gasteiger partial charge >= 0.3 is 0 Å². The van der Waals surface area contributed by atoms with Crippen molar-refractivity contribution in [2.24, 2.45) is 11.1 Å². The second kappa shape index (κ2) is 9.09. The van der Waals surface area contributed by atoms with E-state index in [1.807, 2.05) is 0 Å². The average molecular weight is 481 g/mol. The first-order valence-electron chi connectivity index (χ1n) is 11.8. The van der Waals surface area contributed by atoms with Crippen molar-refractivity contribution >= 4 is 34.7 Å². The molecule has 0 bridgehead atoms. The summed E-state index contributed by atoms with van der Waals surface area (Å²) in [5, 5.41) is 15.0. The molecule has 0 atom stereocenters. The number of carbonyl (C=O) groups is 1. The molecule has 1 amide bonds. The third-order valence-electron chi connectivity index (χ3n) is 7.13. The van der Waals surface area contributed by atoms with Crippen LogP contribution in [0.15, 0.2) is 18.3 Å². The van der Waals surface area contributed by atoms with Crippen molar-refractivity contribution in [1.82, 2.24) is 19.5 Å². The van der Waals surface area contributed by atoms with E-state index in [0.29, 0.717) is 36.0 Å². The number of nitrogens with zero attached hydrogens (tertiary/aromatic N) is 5. The molecule has 0 radical (unpaired) electrons. The average Bonchev–Trinajstić information content (AvgIpc) is 3.15. The summed E-state index contributed by atoms with van der Waals surface area (Å²) in [6.45, 7) is 0.167. The number of primary amides is 1. The van der Waals surface area contributed by atoms with E-state index < -0.39 is 28.6 Å². The van der Waals surface area contributed by atoms with Gasteiger partial charge in [0.25, 0.3) is 0 Å². The second-order valence-corrected chi connectivity index (χ2v) is 9.45. The number of hydrogen-bond acceptors (Lipinski definition) is 7. The molecular formula is C24H26F2N8O. The maximum absolute atomic E-state index is 14.7. The fourth-order valence-electron chi connectivity index (χ4n) is 4.85. The normalized spacial score (nSPS) is 17.5. The monoisotopic (exact) mass is 480 g/mol. The smallest absolute Gasteiger partial charge is 0.225 e. The molecule has 2 saturated carbocycles. The highest BCUT2D eigenvalue weighted by molar-refractivity contribution is 5.82. The van der Waals surface area contributed by atoms with E-state index in [2.05, 4.69) is 25.6 Å². The highest BCUT2D eigenvalue weighted by Gasteiger charge is 2.39. The lowest BCUT2D eigenvalue weighted by Gasteiger charge is -2.35. The number of nitrogens with one attached hydrogen (secondary N) is 2. The molecule has 1 aromatic carbocycles. The zero-order chi connectivity index (χ0) is 24.6. The molecule has 3 aromatic rings. The van der Waals surface area contributed by atoms with Gasteiger partial charge in [-0.1, -0.05) is 19.3 Å². The van der Waals surface area contributed by atoms with Gasteiger partial charge in [0.15, 0.2) is 17.3 Å². The Hall–Kier alpha value is -3.81. The fraction of sp³-hybridized carbons (Fsp3) is 0.458. The second-order valence-electron chi connectivity index (χ2n) is 9.45. The van der Waals surface area contributed by atoms with Crippen molar-refractivity contribution in [2.45, 2.75) is 64.0 Å². The number of hydrogen-bond donors (Lipinski definition) is 3. The van der Waals surface area contributed by atoms with E-state index in [0.717, 1.165) is 50.7 Å². The van der Waals surface area contributed by atoms with Crippen LogP contribution in [0.5, 0.6) is 0 Å². The minimum absolute atomic E-state index is 0.115. The summed E-state index contributed by atoms with van der Waals surface area (Å²) >= 11 is 0. The topological polar surface area (TPSA) is 135 Å². The maximum Gasteiger partial charge on any atom is 0.225 e. The molecule has 182 valence electrons. The molecule has 2 aromatic heterocycles. The van der Waals surface area contributed by atoms with Crippen LogP contribution in [0, 0.1) is 28.4 Å². The number of amides is 1. The first kappa shape index (κ1) is 23.0. The first-order chi connectivity index (χ1) is 16.9. The zero-order valence-corrected chi connectivity index (χ0v) is 19.2. The highest BCUT2D eigenvalue weighted by Crippen LogP contribution is 2.40. The van der Waals surface area contributed by atoms with E-state index in [9.17, 15) is 13.6 Å².